The maximum atomic E-state index is 6.26. The molecule has 1 aromatic rings. The highest BCUT2D eigenvalue weighted by atomic mass is 35.5. The summed E-state index contributed by atoms with van der Waals surface area (Å²) < 4.78 is 10.8. The van der Waals surface area contributed by atoms with Crippen molar-refractivity contribution in [3.05, 3.63) is 33.8 Å². The average molecular weight is 290 g/mol. The topological polar surface area (TPSA) is 44.5 Å². The summed E-state index contributed by atoms with van der Waals surface area (Å²) in [5, 5.41) is 1.27. The maximum Gasteiger partial charge on any atom is 0.169 e. The van der Waals surface area contributed by atoms with E-state index in [1.54, 1.807) is 20.3 Å². The zero-order valence-electron chi connectivity index (χ0n) is 10.5. The van der Waals surface area contributed by atoms with Crippen molar-refractivity contribution in [2.24, 2.45) is 5.73 Å². The largest absolute Gasteiger partial charge is 0.353 e. The minimum atomic E-state index is -0.539. The maximum absolute atomic E-state index is 6.26. The Balaban J connectivity index is 2.31. The molecule has 1 fully saturated rings. The van der Waals surface area contributed by atoms with E-state index in [0.717, 1.165) is 5.56 Å². The Morgan fingerprint density at radius 1 is 1.22 bits per heavy atom. The van der Waals surface area contributed by atoms with E-state index in [1.165, 1.54) is 0 Å². The fourth-order valence-electron chi connectivity index (χ4n) is 2.72. The van der Waals surface area contributed by atoms with Crippen LogP contribution >= 0.6 is 23.2 Å². The molecule has 3 nitrogen and oxygen atoms in total. The molecule has 0 unspecified atom stereocenters. The monoisotopic (exact) mass is 289 g/mol. The molecule has 1 aromatic carbocycles. The molecule has 2 N–H and O–H groups in total. The second kappa shape index (κ2) is 4.99. The van der Waals surface area contributed by atoms with Crippen LogP contribution in [0.1, 0.15) is 18.4 Å². The van der Waals surface area contributed by atoms with Crippen LogP contribution in [0.4, 0.5) is 0 Å². The molecule has 0 aromatic heterocycles. The van der Waals surface area contributed by atoms with Gasteiger partial charge in [0, 0.05) is 49.1 Å². The van der Waals surface area contributed by atoms with Crippen LogP contribution in [0.3, 0.4) is 0 Å². The van der Waals surface area contributed by atoms with Gasteiger partial charge in [0.05, 0.1) is 0 Å². The first-order valence-corrected chi connectivity index (χ1v) is 6.52. The van der Waals surface area contributed by atoms with Gasteiger partial charge in [-0.1, -0.05) is 29.3 Å². The number of ether oxygens (including phenoxy) is 2. The first kappa shape index (κ1) is 14.1. The van der Waals surface area contributed by atoms with Crippen molar-refractivity contribution in [3.63, 3.8) is 0 Å². The highest BCUT2D eigenvalue weighted by molar-refractivity contribution is 6.35. The Morgan fingerprint density at radius 3 is 2.28 bits per heavy atom. The summed E-state index contributed by atoms with van der Waals surface area (Å²) in [5.74, 6) is -0.539. The van der Waals surface area contributed by atoms with Gasteiger partial charge in [-0.25, -0.2) is 0 Å². The summed E-state index contributed by atoms with van der Waals surface area (Å²) in [6, 6.07) is 5.52. The van der Waals surface area contributed by atoms with Crippen LogP contribution in [-0.4, -0.2) is 26.6 Å². The van der Waals surface area contributed by atoms with Crippen LogP contribution in [-0.2, 0) is 14.9 Å². The molecule has 5 heteroatoms. The molecule has 1 saturated carbocycles. The molecule has 0 heterocycles. The van der Waals surface area contributed by atoms with E-state index in [-0.39, 0.29) is 5.41 Å². The molecule has 18 heavy (non-hydrogen) atoms. The lowest BCUT2D eigenvalue weighted by Gasteiger charge is -2.54. The number of halogens is 2. The van der Waals surface area contributed by atoms with E-state index in [1.807, 2.05) is 12.1 Å². The SMILES string of the molecule is COC1(OC)CC(CN)(c2ccc(Cl)cc2Cl)C1. The second-order valence-electron chi connectivity index (χ2n) is 4.78. The summed E-state index contributed by atoms with van der Waals surface area (Å²) in [6.07, 6.45) is 1.40. The van der Waals surface area contributed by atoms with Gasteiger partial charge in [-0.3, -0.25) is 0 Å². The van der Waals surface area contributed by atoms with Crippen molar-refractivity contribution in [3.8, 4) is 0 Å². The molecule has 1 aliphatic rings. The van der Waals surface area contributed by atoms with E-state index >= 15 is 0 Å². The lowest BCUT2D eigenvalue weighted by molar-refractivity contribution is -0.277. The number of hydrogen-bond donors (Lipinski definition) is 1. The minimum Gasteiger partial charge on any atom is -0.353 e. The fraction of sp³-hybridized carbons (Fsp3) is 0.538. The summed E-state index contributed by atoms with van der Waals surface area (Å²) >= 11 is 12.2. The van der Waals surface area contributed by atoms with Crippen LogP contribution in [0.15, 0.2) is 18.2 Å². The quantitative estimate of drug-likeness (QED) is 0.867. The van der Waals surface area contributed by atoms with Crippen LogP contribution in [0, 0.1) is 0 Å². The number of nitrogens with two attached hydrogens (primary N) is 1. The van der Waals surface area contributed by atoms with E-state index in [9.17, 15) is 0 Å². The Kier molecular flexibility index (Phi) is 3.90. The van der Waals surface area contributed by atoms with Gasteiger partial charge in [-0.2, -0.15) is 0 Å². The summed E-state index contributed by atoms with van der Waals surface area (Å²) in [5.41, 5.74) is 6.76. The Labute approximate surface area is 117 Å². The summed E-state index contributed by atoms with van der Waals surface area (Å²) in [6.45, 7) is 0.503. The van der Waals surface area contributed by atoms with Gasteiger partial charge in [0.15, 0.2) is 5.79 Å². The lowest BCUT2D eigenvalue weighted by atomic mass is 9.60. The van der Waals surface area contributed by atoms with Crippen LogP contribution in [0.5, 0.6) is 0 Å². The van der Waals surface area contributed by atoms with Crippen molar-refractivity contribution >= 4 is 23.2 Å². The van der Waals surface area contributed by atoms with Crippen LogP contribution in [0.2, 0.25) is 10.0 Å². The first-order chi connectivity index (χ1) is 8.51. The molecular formula is C13H17Cl2NO2. The van der Waals surface area contributed by atoms with Gasteiger partial charge < -0.3 is 15.2 Å². The molecule has 0 amide bonds. The summed E-state index contributed by atoms with van der Waals surface area (Å²) in [7, 11) is 3.29. The predicted octanol–water partition coefficient (Wildman–Crippen LogP) is 2.97. The van der Waals surface area contributed by atoms with E-state index in [4.69, 9.17) is 38.4 Å². The first-order valence-electron chi connectivity index (χ1n) is 5.77. The molecule has 0 atom stereocenters. The number of methoxy groups -OCH3 is 2. The van der Waals surface area contributed by atoms with Gasteiger partial charge in [0.25, 0.3) is 0 Å². The smallest absolute Gasteiger partial charge is 0.169 e. The molecule has 0 aliphatic heterocycles. The normalized spacial score (nSPS) is 20.5. The third-order valence-corrected chi connectivity index (χ3v) is 4.40. The molecular weight excluding hydrogens is 273 g/mol. The predicted molar refractivity (Wildman–Crippen MR) is 73.2 cm³/mol. The molecule has 0 saturated heterocycles. The fourth-order valence-corrected chi connectivity index (χ4v) is 3.32. The average Bonchev–Trinajstić information content (AvgIpc) is 2.31. The van der Waals surface area contributed by atoms with Crippen molar-refractivity contribution < 1.29 is 9.47 Å². The van der Waals surface area contributed by atoms with Crippen molar-refractivity contribution in [1.82, 2.24) is 0 Å². The molecule has 0 radical (unpaired) electrons. The number of benzene rings is 1. The van der Waals surface area contributed by atoms with E-state index in [0.29, 0.717) is 29.4 Å². The highest BCUT2D eigenvalue weighted by Crippen LogP contribution is 2.53. The Bertz CT molecular complexity index is 439. The highest BCUT2D eigenvalue weighted by Gasteiger charge is 2.56. The van der Waals surface area contributed by atoms with Crippen molar-refractivity contribution in [2.45, 2.75) is 24.0 Å². The minimum absolute atomic E-state index is 0.187. The zero-order valence-corrected chi connectivity index (χ0v) is 12.0. The number of hydrogen-bond acceptors (Lipinski definition) is 3. The van der Waals surface area contributed by atoms with Crippen LogP contribution in [0.25, 0.3) is 0 Å². The number of rotatable bonds is 4. The third-order valence-electron chi connectivity index (χ3n) is 3.85. The molecule has 2 rings (SSSR count). The molecule has 0 bridgehead atoms. The second-order valence-corrected chi connectivity index (χ2v) is 5.62. The molecule has 0 spiro atoms. The van der Waals surface area contributed by atoms with Crippen LogP contribution < -0.4 is 5.73 Å². The van der Waals surface area contributed by atoms with Gasteiger partial charge in [0.2, 0.25) is 0 Å². The summed E-state index contributed by atoms with van der Waals surface area (Å²) in [4.78, 5) is 0. The standard InChI is InChI=1S/C13H17Cl2NO2/c1-17-13(18-2)6-12(7-13,8-16)10-4-3-9(14)5-11(10)15/h3-5H,6-8,16H2,1-2H3. The van der Waals surface area contributed by atoms with Gasteiger partial charge in [-0.15, -0.1) is 0 Å². The van der Waals surface area contributed by atoms with E-state index < -0.39 is 5.79 Å². The lowest BCUT2D eigenvalue weighted by Crippen LogP contribution is -2.60. The van der Waals surface area contributed by atoms with E-state index in [2.05, 4.69) is 0 Å². The van der Waals surface area contributed by atoms with Crippen molar-refractivity contribution in [1.29, 1.82) is 0 Å². The van der Waals surface area contributed by atoms with Crippen molar-refractivity contribution in [2.75, 3.05) is 20.8 Å². The Hall–Kier alpha value is -0.320. The Morgan fingerprint density at radius 2 is 1.83 bits per heavy atom. The molecule has 1 aliphatic carbocycles. The molecule has 100 valence electrons. The third kappa shape index (κ3) is 2.15. The van der Waals surface area contributed by atoms with Gasteiger partial charge in [0.1, 0.15) is 0 Å². The zero-order chi connectivity index (χ0) is 13.4. The van der Waals surface area contributed by atoms with Gasteiger partial charge >= 0.3 is 0 Å². The van der Waals surface area contributed by atoms with Gasteiger partial charge in [-0.05, 0) is 17.7 Å².